The zero-order valence-electron chi connectivity index (χ0n) is 12.9. The van der Waals surface area contributed by atoms with Crippen LogP contribution in [0, 0.1) is 6.92 Å². The van der Waals surface area contributed by atoms with Gasteiger partial charge in [0.1, 0.15) is 5.69 Å². The van der Waals surface area contributed by atoms with Crippen molar-refractivity contribution in [1.29, 1.82) is 0 Å². The summed E-state index contributed by atoms with van der Waals surface area (Å²) in [4.78, 5) is 15.5. The molecule has 1 N–H and O–H groups in total. The zero-order valence-corrected chi connectivity index (χ0v) is 14.5. The second kappa shape index (κ2) is 7.18. The summed E-state index contributed by atoms with van der Waals surface area (Å²) >= 11 is 3.47. The van der Waals surface area contributed by atoms with Crippen LogP contribution in [-0.2, 0) is 0 Å². The predicted octanol–water partition coefficient (Wildman–Crippen LogP) is 2.78. The lowest BCUT2D eigenvalue weighted by molar-refractivity contribution is 0.764. The predicted molar refractivity (Wildman–Crippen MR) is 93.2 cm³/mol. The van der Waals surface area contributed by atoms with Gasteiger partial charge in [-0.25, -0.2) is 0 Å². The molecule has 0 spiro atoms. The third-order valence-corrected chi connectivity index (χ3v) is 5.41. The van der Waals surface area contributed by atoms with Gasteiger partial charge in [0, 0.05) is 10.1 Å². The summed E-state index contributed by atoms with van der Waals surface area (Å²) in [5.74, 6) is 1.42. The highest BCUT2D eigenvalue weighted by Gasteiger charge is 2.13. The third kappa shape index (κ3) is 3.94. The van der Waals surface area contributed by atoms with Crippen LogP contribution in [0.2, 0.25) is 0 Å². The van der Waals surface area contributed by atoms with Crippen molar-refractivity contribution in [3.8, 4) is 0 Å². The molecule has 3 rings (SSSR count). The van der Waals surface area contributed by atoms with E-state index in [1.807, 2.05) is 17.8 Å². The van der Waals surface area contributed by atoms with Gasteiger partial charge >= 0.3 is 0 Å². The molecule has 0 aliphatic carbocycles. The molecule has 0 aliphatic rings. The van der Waals surface area contributed by atoms with E-state index in [4.69, 9.17) is 0 Å². The number of fused-ring (bicyclic) bond motifs is 1. The Bertz CT molecular complexity index is 846. The number of benzene rings is 1. The van der Waals surface area contributed by atoms with Crippen LogP contribution in [0.3, 0.4) is 0 Å². The molecule has 23 heavy (non-hydrogen) atoms. The lowest BCUT2D eigenvalue weighted by atomic mass is 10.4. The minimum atomic E-state index is -0.228. The van der Waals surface area contributed by atoms with Crippen molar-refractivity contribution < 1.29 is 0 Å². The number of nitrogens with one attached hydrogen (secondary N) is 1. The molecular weight excluding hydrogens is 330 g/mol. The molecule has 0 fully saturated rings. The molecule has 1 atom stereocenters. The molecule has 0 bridgehead atoms. The van der Waals surface area contributed by atoms with E-state index in [0.29, 0.717) is 21.9 Å². The molecule has 0 saturated heterocycles. The summed E-state index contributed by atoms with van der Waals surface area (Å²) in [5, 5.41) is 13.4. The number of hydrogen-bond donors (Lipinski definition) is 1. The number of aromatic amines is 1. The number of hydrogen-bond acceptors (Lipinski definition) is 6. The molecule has 0 saturated carbocycles. The third-order valence-electron chi connectivity index (χ3n) is 3.26. The van der Waals surface area contributed by atoms with E-state index in [-0.39, 0.29) is 5.56 Å². The number of aromatic nitrogens is 5. The first-order valence-electron chi connectivity index (χ1n) is 7.30. The monoisotopic (exact) mass is 347 g/mol. The smallest absolute Gasteiger partial charge is 0.273 e. The molecule has 120 valence electrons. The van der Waals surface area contributed by atoms with E-state index in [2.05, 4.69) is 51.5 Å². The summed E-state index contributed by atoms with van der Waals surface area (Å²) in [6, 6.07) is 10.4. The maximum Gasteiger partial charge on any atom is 0.273 e. The Hall–Kier alpha value is -1.80. The van der Waals surface area contributed by atoms with Gasteiger partial charge in [0.15, 0.2) is 0 Å². The van der Waals surface area contributed by atoms with Crippen LogP contribution in [0.25, 0.3) is 5.78 Å². The van der Waals surface area contributed by atoms with Gasteiger partial charge in [-0.15, -0.1) is 22.0 Å². The number of H-pyrrole nitrogens is 1. The average Bonchev–Trinajstić information content (AvgIpc) is 2.91. The highest BCUT2D eigenvalue weighted by Crippen LogP contribution is 2.26. The molecular formula is C15H17N5OS2. The van der Waals surface area contributed by atoms with Gasteiger partial charge < -0.3 is 0 Å². The maximum atomic E-state index is 11.5. The van der Waals surface area contributed by atoms with E-state index in [1.54, 1.807) is 23.2 Å². The second-order valence-corrected chi connectivity index (χ2v) is 7.71. The standard InChI is InChI=1S/C15H17N5OS2/c1-10(8-9-22-12-6-4-3-5-7-12)23-15-18-17-14-16-13(21)11(2)19-20(14)15/h3-7,10H,8-9H2,1-2H3,(H,16,17,21)/t10-/m0/s1. The van der Waals surface area contributed by atoms with Gasteiger partial charge in [0.05, 0.1) is 0 Å². The van der Waals surface area contributed by atoms with Gasteiger partial charge in [-0.1, -0.05) is 36.9 Å². The number of rotatable bonds is 6. The molecule has 0 radical (unpaired) electrons. The van der Waals surface area contributed by atoms with E-state index < -0.39 is 0 Å². The first-order valence-corrected chi connectivity index (χ1v) is 9.17. The average molecular weight is 347 g/mol. The lowest BCUT2D eigenvalue weighted by Crippen LogP contribution is -2.15. The summed E-state index contributed by atoms with van der Waals surface area (Å²) in [5.41, 5.74) is 0.181. The fourth-order valence-electron chi connectivity index (χ4n) is 1.99. The fraction of sp³-hybridized carbons (Fsp3) is 0.333. The van der Waals surface area contributed by atoms with Crippen molar-refractivity contribution in [3.05, 3.63) is 46.4 Å². The highest BCUT2D eigenvalue weighted by atomic mass is 32.2. The molecule has 3 aromatic rings. The van der Waals surface area contributed by atoms with Crippen LogP contribution < -0.4 is 5.56 Å². The molecule has 1 aromatic carbocycles. The first-order chi connectivity index (χ1) is 11.1. The highest BCUT2D eigenvalue weighted by molar-refractivity contribution is 8.00. The number of thioether (sulfide) groups is 2. The van der Waals surface area contributed by atoms with Gasteiger partial charge in [-0.3, -0.25) is 9.78 Å². The zero-order chi connectivity index (χ0) is 16.2. The van der Waals surface area contributed by atoms with Crippen LogP contribution in [0.5, 0.6) is 0 Å². The normalized spacial score (nSPS) is 12.6. The van der Waals surface area contributed by atoms with Gasteiger partial charge in [-0.05, 0) is 31.2 Å². The minimum absolute atomic E-state index is 0.228. The maximum absolute atomic E-state index is 11.5. The molecule has 2 heterocycles. The van der Waals surface area contributed by atoms with Crippen LogP contribution in [0.15, 0.2) is 45.2 Å². The van der Waals surface area contributed by atoms with Crippen LogP contribution >= 0.6 is 23.5 Å². The quantitative estimate of drug-likeness (QED) is 0.691. The summed E-state index contributed by atoms with van der Waals surface area (Å²) in [7, 11) is 0. The van der Waals surface area contributed by atoms with E-state index >= 15 is 0 Å². The van der Waals surface area contributed by atoms with Crippen molar-refractivity contribution in [3.63, 3.8) is 0 Å². The van der Waals surface area contributed by atoms with Crippen molar-refractivity contribution >= 4 is 29.3 Å². The van der Waals surface area contributed by atoms with Gasteiger partial charge in [0.25, 0.3) is 11.3 Å². The van der Waals surface area contributed by atoms with Crippen molar-refractivity contribution in [2.24, 2.45) is 0 Å². The largest absolute Gasteiger partial charge is 0.288 e. The topological polar surface area (TPSA) is 75.9 Å². The molecule has 2 aromatic heterocycles. The minimum Gasteiger partial charge on any atom is -0.288 e. The Kier molecular flexibility index (Phi) is 5.02. The molecule has 0 aliphatic heterocycles. The molecule has 0 unspecified atom stereocenters. The summed E-state index contributed by atoms with van der Waals surface area (Å²) in [6.07, 6.45) is 1.04. The van der Waals surface area contributed by atoms with Crippen LogP contribution in [0.1, 0.15) is 19.0 Å². The number of nitrogens with zero attached hydrogens (tertiary/aromatic N) is 4. The van der Waals surface area contributed by atoms with Crippen LogP contribution in [-0.4, -0.2) is 35.8 Å². The van der Waals surface area contributed by atoms with Crippen molar-refractivity contribution in [1.82, 2.24) is 24.8 Å². The Morgan fingerprint density at radius 2 is 2.04 bits per heavy atom. The molecule has 0 amide bonds. The lowest BCUT2D eigenvalue weighted by Gasteiger charge is -2.09. The Balaban J connectivity index is 1.60. The van der Waals surface area contributed by atoms with Crippen molar-refractivity contribution in [2.45, 2.75) is 35.6 Å². The summed E-state index contributed by atoms with van der Waals surface area (Å²) in [6.45, 7) is 3.84. The van der Waals surface area contributed by atoms with E-state index in [1.165, 1.54) is 4.90 Å². The fourth-order valence-corrected chi connectivity index (χ4v) is 4.11. The van der Waals surface area contributed by atoms with Crippen molar-refractivity contribution in [2.75, 3.05) is 5.75 Å². The second-order valence-electron chi connectivity index (χ2n) is 5.14. The van der Waals surface area contributed by atoms with E-state index in [0.717, 1.165) is 12.2 Å². The SMILES string of the molecule is Cc1nn2c(S[C@@H](C)CCSc3ccccc3)nnc2[nH]c1=O. The molecule has 8 heteroatoms. The summed E-state index contributed by atoms with van der Waals surface area (Å²) < 4.78 is 1.60. The molecule has 6 nitrogen and oxygen atoms in total. The Morgan fingerprint density at radius 1 is 1.26 bits per heavy atom. The number of aryl methyl sites for hydroxylation is 1. The van der Waals surface area contributed by atoms with Gasteiger partial charge in [-0.2, -0.15) is 9.61 Å². The Morgan fingerprint density at radius 3 is 2.83 bits per heavy atom. The van der Waals surface area contributed by atoms with Crippen LogP contribution in [0.4, 0.5) is 0 Å². The van der Waals surface area contributed by atoms with Gasteiger partial charge in [0.2, 0.25) is 5.16 Å². The first kappa shape index (κ1) is 16.1. The Labute approximate surface area is 142 Å². The van der Waals surface area contributed by atoms with E-state index in [9.17, 15) is 4.79 Å².